The molecule has 8 nitrogen and oxygen atoms in total. The fourth-order valence-electron chi connectivity index (χ4n) is 3.81. The summed E-state index contributed by atoms with van der Waals surface area (Å²) in [6, 6.07) is -0.537. The van der Waals surface area contributed by atoms with Gasteiger partial charge in [-0.15, -0.1) is 0 Å². The van der Waals surface area contributed by atoms with Gasteiger partial charge in [0.25, 0.3) is 0 Å². The highest BCUT2D eigenvalue weighted by molar-refractivity contribution is 6.61. The molecule has 2 saturated heterocycles. The van der Waals surface area contributed by atoms with Gasteiger partial charge in [0.05, 0.1) is 17.3 Å². The zero-order chi connectivity index (χ0) is 22.9. The van der Waals surface area contributed by atoms with E-state index in [9.17, 15) is 4.79 Å². The van der Waals surface area contributed by atoms with Crippen LogP contribution in [0.15, 0.2) is 4.42 Å². The maximum absolute atomic E-state index is 13.0. The van der Waals surface area contributed by atoms with Crippen molar-refractivity contribution in [1.29, 1.82) is 0 Å². The molecule has 0 saturated carbocycles. The monoisotopic (exact) mass is 422 g/mol. The molecule has 0 spiro atoms. The third kappa shape index (κ3) is 3.99. The van der Waals surface area contributed by atoms with Crippen molar-refractivity contribution in [2.24, 2.45) is 0 Å². The number of nitrogens with zero attached hydrogens (tertiary/aromatic N) is 2. The van der Waals surface area contributed by atoms with Crippen molar-refractivity contribution in [2.45, 2.75) is 111 Å². The lowest BCUT2D eigenvalue weighted by molar-refractivity contribution is -0.0760. The number of hydrogen-bond donors (Lipinski definition) is 0. The summed E-state index contributed by atoms with van der Waals surface area (Å²) in [4.78, 5) is 19.3. The van der Waals surface area contributed by atoms with Crippen molar-refractivity contribution < 1.29 is 28.0 Å². The van der Waals surface area contributed by atoms with Gasteiger partial charge in [-0.3, -0.25) is 4.90 Å². The molecule has 3 heterocycles. The average molecular weight is 422 g/mol. The van der Waals surface area contributed by atoms with Gasteiger partial charge >= 0.3 is 13.2 Å². The minimum absolute atomic E-state index is 0.336. The van der Waals surface area contributed by atoms with Crippen molar-refractivity contribution in [3.63, 3.8) is 0 Å². The molecule has 1 amide bonds. The Hall–Kier alpha value is -1.58. The van der Waals surface area contributed by atoms with Crippen molar-refractivity contribution in [1.82, 2.24) is 9.88 Å². The summed E-state index contributed by atoms with van der Waals surface area (Å²) in [6.45, 7) is 20.8. The molecule has 1 aromatic heterocycles. The Morgan fingerprint density at radius 2 is 1.63 bits per heavy atom. The Kier molecular flexibility index (Phi) is 5.36. The fourth-order valence-corrected chi connectivity index (χ4v) is 3.81. The quantitative estimate of drug-likeness (QED) is 0.672. The molecular weight excluding hydrogens is 387 g/mol. The van der Waals surface area contributed by atoms with Crippen molar-refractivity contribution in [3.8, 4) is 0 Å². The largest absolute Gasteiger partial charge is 0.518 e. The zero-order valence-electron chi connectivity index (χ0n) is 20.1. The lowest BCUT2D eigenvalue weighted by Gasteiger charge is -2.34. The molecule has 0 aliphatic carbocycles. The van der Waals surface area contributed by atoms with Crippen LogP contribution in [0, 0.1) is 6.92 Å². The number of hydrogen-bond acceptors (Lipinski definition) is 7. The number of aryl methyl sites for hydroxylation is 1. The number of carbonyl (C=O) groups is 1. The SMILES string of the molecule is Cc1oc(C2C(C)OC(C)(C)N2C(=O)OC(C)(C)C)nc1B1OC(C)(C)C(C)(C)O1. The second-order valence-electron chi connectivity index (χ2n) is 10.6. The van der Waals surface area contributed by atoms with Crippen LogP contribution < -0.4 is 5.59 Å². The van der Waals surface area contributed by atoms with Crippen LogP contribution in [0.5, 0.6) is 0 Å². The van der Waals surface area contributed by atoms with Crippen molar-refractivity contribution in [3.05, 3.63) is 11.7 Å². The first-order valence-electron chi connectivity index (χ1n) is 10.5. The molecule has 2 fully saturated rings. The zero-order valence-corrected chi connectivity index (χ0v) is 20.1. The molecule has 3 rings (SSSR count). The summed E-state index contributed by atoms with van der Waals surface area (Å²) in [6.07, 6.45) is -0.813. The molecule has 1 aromatic rings. The fraction of sp³-hybridized carbons (Fsp3) is 0.810. The smallest absolute Gasteiger partial charge is 0.444 e. The molecule has 2 atom stereocenters. The predicted molar refractivity (Wildman–Crippen MR) is 112 cm³/mol. The van der Waals surface area contributed by atoms with E-state index >= 15 is 0 Å². The summed E-state index contributed by atoms with van der Waals surface area (Å²) in [5.41, 5.74) is -1.91. The van der Waals surface area contributed by atoms with E-state index in [0.29, 0.717) is 17.2 Å². The van der Waals surface area contributed by atoms with Gasteiger partial charge in [-0.1, -0.05) is 0 Å². The second kappa shape index (κ2) is 6.97. The first-order valence-corrected chi connectivity index (χ1v) is 10.5. The van der Waals surface area contributed by atoms with Crippen LogP contribution in [0.1, 0.15) is 86.9 Å². The number of ether oxygens (including phenoxy) is 2. The van der Waals surface area contributed by atoms with Crippen molar-refractivity contribution in [2.75, 3.05) is 0 Å². The van der Waals surface area contributed by atoms with E-state index in [4.69, 9.17) is 28.2 Å². The summed E-state index contributed by atoms with van der Waals surface area (Å²) in [5.74, 6) is 0.964. The van der Waals surface area contributed by atoms with E-state index < -0.39 is 41.8 Å². The molecule has 2 aliphatic heterocycles. The van der Waals surface area contributed by atoms with Gasteiger partial charge in [0.15, 0.2) is 0 Å². The van der Waals surface area contributed by atoms with Crippen molar-refractivity contribution >= 4 is 18.8 Å². The van der Waals surface area contributed by atoms with Crippen LogP contribution >= 0.6 is 0 Å². The summed E-state index contributed by atoms with van der Waals surface area (Å²) in [5, 5.41) is 0. The summed E-state index contributed by atoms with van der Waals surface area (Å²) < 4.78 is 30.0. The maximum Gasteiger partial charge on any atom is 0.518 e. The van der Waals surface area contributed by atoms with Crippen LogP contribution in [0.25, 0.3) is 0 Å². The Morgan fingerprint density at radius 1 is 1.10 bits per heavy atom. The van der Waals surface area contributed by atoms with Gasteiger partial charge in [0.2, 0.25) is 5.89 Å². The van der Waals surface area contributed by atoms with Crippen LogP contribution in [-0.4, -0.2) is 51.7 Å². The highest BCUT2D eigenvalue weighted by Crippen LogP contribution is 2.42. The van der Waals surface area contributed by atoms with Gasteiger partial charge in [-0.05, 0) is 76.2 Å². The predicted octanol–water partition coefficient (Wildman–Crippen LogP) is 3.72. The van der Waals surface area contributed by atoms with Crippen LogP contribution in [-0.2, 0) is 18.8 Å². The highest BCUT2D eigenvalue weighted by Gasteiger charge is 2.55. The molecule has 168 valence electrons. The first-order chi connectivity index (χ1) is 13.5. The van der Waals surface area contributed by atoms with Crippen LogP contribution in [0.2, 0.25) is 0 Å². The summed E-state index contributed by atoms with van der Waals surface area (Å²) >= 11 is 0. The minimum atomic E-state index is -0.876. The van der Waals surface area contributed by atoms with E-state index in [1.165, 1.54) is 0 Å². The van der Waals surface area contributed by atoms with E-state index in [1.807, 2.05) is 76.2 Å². The molecule has 0 N–H and O–H groups in total. The number of oxazole rings is 1. The topological polar surface area (TPSA) is 83.3 Å². The lowest BCUT2D eigenvalue weighted by Crippen LogP contribution is -2.47. The molecule has 0 radical (unpaired) electrons. The standard InChI is InChI=1S/C21H35BN2O6/c1-12-14(24(21(10,11)27-12)17(25)28-18(3,4)5)16-23-15(13(2)26-16)22-29-19(6,7)20(8,9)30-22/h12,14H,1-11H3. The van der Waals surface area contributed by atoms with Gasteiger partial charge in [-0.2, -0.15) is 0 Å². The van der Waals surface area contributed by atoms with Crippen LogP contribution in [0.4, 0.5) is 4.79 Å². The number of carbonyl (C=O) groups excluding carboxylic acids is 1. The van der Waals surface area contributed by atoms with Crippen LogP contribution in [0.3, 0.4) is 0 Å². The molecule has 2 aliphatic rings. The Balaban J connectivity index is 1.95. The normalized spacial score (nSPS) is 27.6. The van der Waals surface area contributed by atoms with E-state index in [0.717, 1.165) is 0 Å². The lowest BCUT2D eigenvalue weighted by atomic mass is 9.84. The van der Waals surface area contributed by atoms with Gasteiger partial charge in [-0.25, -0.2) is 9.78 Å². The molecule has 2 unspecified atom stereocenters. The minimum Gasteiger partial charge on any atom is -0.444 e. The number of rotatable bonds is 2. The van der Waals surface area contributed by atoms with Gasteiger partial charge < -0.3 is 23.2 Å². The molecule has 30 heavy (non-hydrogen) atoms. The Morgan fingerprint density at radius 3 is 2.13 bits per heavy atom. The second-order valence-corrected chi connectivity index (χ2v) is 10.6. The first kappa shape index (κ1) is 23.1. The highest BCUT2D eigenvalue weighted by atomic mass is 16.7. The number of amides is 1. The molecule has 9 heteroatoms. The average Bonchev–Trinajstić information content (AvgIpc) is 3.06. The van der Waals surface area contributed by atoms with E-state index in [-0.39, 0.29) is 6.10 Å². The third-order valence-electron chi connectivity index (χ3n) is 5.95. The van der Waals surface area contributed by atoms with Gasteiger partial charge in [0.1, 0.15) is 28.7 Å². The third-order valence-corrected chi connectivity index (χ3v) is 5.95. The number of aromatic nitrogens is 1. The Labute approximate surface area is 179 Å². The molecule has 0 bridgehead atoms. The summed E-state index contributed by atoms with van der Waals surface area (Å²) in [7, 11) is -0.645. The van der Waals surface area contributed by atoms with E-state index in [2.05, 4.69) is 0 Å². The van der Waals surface area contributed by atoms with Gasteiger partial charge in [0, 0.05) is 0 Å². The Bertz CT molecular complexity index is 810. The van der Waals surface area contributed by atoms with E-state index in [1.54, 1.807) is 4.90 Å². The maximum atomic E-state index is 13.0. The molecular formula is C21H35BN2O6. The molecule has 0 aromatic carbocycles.